The lowest BCUT2D eigenvalue weighted by Gasteiger charge is -2.13. The first kappa shape index (κ1) is 18.7. The van der Waals surface area contributed by atoms with E-state index in [9.17, 15) is 0 Å². The van der Waals surface area contributed by atoms with Gasteiger partial charge in [0, 0.05) is 10.9 Å². The zero-order valence-corrected chi connectivity index (χ0v) is 16.6. The molecule has 0 radical (unpaired) electrons. The Kier molecular flexibility index (Phi) is 5.22. The van der Waals surface area contributed by atoms with Crippen molar-refractivity contribution in [1.82, 2.24) is 25.6 Å². The molecular formula is C24H19N5O2. The van der Waals surface area contributed by atoms with Gasteiger partial charge in [-0.3, -0.25) is 0 Å². The van der Waals surface area contributed by atoms with Crippen LogP contribution in [0.4, 0.5) is 0 Å². The highest BCUT2D eigenvalue weighted by Crippen LogP contribution is 2.28. The summed E-state index contributed by atoms with van der Waals surface area (Å²) in [5.74, 6) is 1.97. The van der Waals surface area contributed by atoms with E-state index in [0.29, 0.717) is 30.5 Å². The number of rotatable bonds is 7. The molecule has 2 aromatic heterocycles. The minimum atomic E-state index is 0.360. The van der Waals surface area contributed by atoms with Crippen molar-refractivity contribution in [2.45, 2.75) is 13.2 Å². The van der Waals surface area contributed by atoms with E-state index in [4.69, 9.17) is 9.47 Å². The Morgan fingerprint density at radius 3 is 2.39 bits per heavy atom. The Morgan fingerprint density at radius 2 is 1.55 bits per heavy atom. The number of benzene rings is 3. The molecule has 0 aliphatic heterocycles. The van der Waals surface area contributed by atoms with Crippen LogP contribution in [0.2, 0.25) is 0 Å². The van der Waals surface area contributed by atoms with Crippen molar-refractivity contribution < 1.29 is 9.47 Å². The summed E-state index contributed by atoms with van der Waals surface area (Å²) in [6.07, 6.45) is 0. The van der Waals surface area contributed by atoms with Gasteiger partial charge in [-0.05, 0) is 46.3 Å². The fourth-order valence-corrected chi connectivity index (χ4v) is 3.28. The number of hydrogen-bond donors (Lipinski definition) is 1. The standard InChI is InChI=1S/C24H19N5O2/c1-2-9-21-18(7-1)12-13-20(25-21)16-31-23-11-4-3-10-22(23)30-15-17-6-5-8-19(14-17)24-26-28-29-27-24/h1-14H,15-16H2,(H,26,27,28,29). The Balaban J connectivity index is 1.27. The molecule has 152 valence electrons. The van der Waals surface area contributed by atoms with Crippen molar-refractivity contribution in [2.24, 2.45) is 0 Å². The first-order chi connectivity index (χ1) is 15.3. The summed E-state index contributed by atoms with van der Waals surface area (Å²) in [4.78, 5) is 4.66. The minimum absolute atomic E-state index is 0.360. The Bertz CT molecular complexity index is 1300. The number of aromatic amines is 1. The monoisotopic (exact) mass is 409 g/mol. The Hall–Kier alpha value is -4.26. The van der Waals surface area contributed by atoms with Gasteiger partial charge in [-0.1, -0.05) is 54.6 Å². The van der Waals surface area contributed by atoms with Crippen LogP contribution in [0.5, 0.6) is 11.5 Å². The number of H-pyrrole nitrogens is 1. The van der Waals surface area contributed by atoms with Crippen molar-refractivity contribution in [1.29, 1.82) is 0 Å². The summed E-state index contributed by atoms with van der Waals surface area (Å²) in [7, 11) is 0. The van der Waals surface area contributed by atoms with Gasteiger partial charge in [-0.2, -0.15) is 0 Å². The summed E-state index contributed by atoms with van der Waals surface area (Å²) < 4.78 is 12.1. The summed E-state index contributed by atoms with van der Waals surface area (Å²) >= 11 is 0. The summed E-state index contributed by atoms with van der Waals surface area (Å²) in [6.45, 7) is 0.753. The first-order valence-electron chi connectivity index (χ1n) is 9.87. The maximum absolute atomic E-state index is 6.05. The zero-order valence-electron chi connectivity index (χ0n) is 16.6. The van der Waals surface area contributed by atoms with Crippen molar-refractivity contribution in [3.8, 4) is 22.9 Å². The lowest BCUT2D eigenvalue weighted by Crippen LogP contribution is -2.02. The molecule has 0 spiro atoms. The molecule has 0 saturated heterocycles. The van der Waals surface area contributed by atoms with Crippen LogP contribution < -0.4 is 9.47 Å². The third kappa shape index (κ3) is 4.35. The van der Waals surface area contributed by atoms with Crippen molar-refractivity contribution in [2.75, 3.05) is 0 Å². The van der Waals surface area contributed by atoms with Gasteiger partial charge in [0.15, 0.2) is 17.3 Å². The Morgan fingerprint density at radius 1 is 0.742 bits per heavy atom. The molecular weight excluding hydrogens is 390 g/mol. The third-order valence-corrected chi connectivity index (χ3v) is 4.82. The predicted octanol–water partition coefficient (Wildman–Crippen LogP) is 4.57. The van der Waals surface area contributed by atoms with E-state index in [0.717, 1.165) is 27.7 Å². The SMILES string of the molecule is c1cc(COc2ccccc2OCc2ccc3ccccc3n2)cc(-c2nnn[nH]2)c1. The highest BCUT2D eigenvalue weighted by molar-refractivity contribution is 5.78. The second kappa shape index (κ2) is 8.62. The average molecular weight is 409 g/mol. The third-order valence-electron chi connectivity index (χ3n) is 4.82. The van der Waals surface area contributed by atoms with Crippen LogP contribution in [-0.4, -0.2) is 25.6 Å². The smallest absolute Gasteiger partial charge is 0.179 e. The van der Waals surface area contributed by atoms with Crippen LogP contribution >= 0.6 is 0 Å². The van der Waals surface area contributed by atoms with E-state index in [1.54, 1.807) is 0 Å². The van der Waals surface area contributed by atoms with Gasteiger partial charge >= 0.3 is 0 Å². The van der Waals surface area contributed by atoms with E-state index in [1.165, 1.54) is 0 Å². The summed E-state index contributed by atoms with van der Waals surface area (Å²) in [5.41, 5.74) is 3.72. The molecule has 3 aromatic carbocycles. The number of tetrazole rings is 1. The minimum Gasteiger partial charge on any atom is -0.485 e. The van der Waals surface area contributed by atoms with Crippen LogP contribution in [0.3, 0.4) is 0 Å². The molecule has 7 nitrogen and oxygen atoms in total. The molecule has 0 bridgehead atoms. The largest absolute Gasteiger partial charge is 0.485 e. The number of nitrogens with one attached hydrogen (secondary N) is 1. The highest BCUT2D eigenvalue weighted by atomic mass is 16.5. The predicted molar refractivity (Wildman–Crippen MR) is 116 cm³/mol. The molecule has 7 heteroatoms. The number of aromatic nitrogens is 5. The summed E-state index contributed by atoms with van der Waals surface area (Å²) in [5, 5.41) is 15.1. The lowest BCUT2D eigenvalue weighted by atomic mass is 10.1. The number of ether oxygens (including phenoxy) is 2. The van der Waals surface area contributed by atoms with Gasteiger partial charge in [-0.25, -0.2) is 10.1 Å². The van der Waals surface area contributed by atoms with E-state index in [1.807, 2.05) is 78.9 Å². The van der Waals surface area contributed by atoms with Crippen molar-refractivity contribution in [3.05, 3.63) is 96.2 Å². The number of nitrogens with zero attached hydrogens (tertiary/aromatic N) is 4. The molecule has 0 saturated carbocycles. The molecule has 0 aliphatic rings. The van der Waals surface area contributed by atoms with Gasteiger partial charge in [0.2, 0.25) is 0 Å². The number of fused-ring (bicyclic) bond motifs is 1. The van der Waals surface area contributed by atoms with Gasteiger partial charge in [0.05, 0.1) is 11.2 Å². The van der Waals surface area contributed by atoms with E-state index in [2.05, 4.69) is 31.7 Å². The van der Waals surface area contributed by atoms with Crippen LogP contribution in [0, 0.1) is 0 Å². The molecule has 0 amide bonds. The van der Waals surface area contributed by atoms with Crippen molar-refractivity contribution >= 4 is 10.9 Å². The maximum atomic E-state index is 6.05. The normalized spacial score (nSPS) is 10.8. The molecule has 0 aliphatic carbocycles. The second-order valence-electron chi connectivity index (χ2n) is 6.97. The molecule has 0 unspecified atom stereocenters. The topological polar surface area (TPSA) is 85.8 Å². The lowest BCUT2D eigenvalue weighted by molar-refractivity contribution is 0.254. The maximum Gasteiger partial charge on any atom is 0.179 e. The number of hydrogen-bond acceptors (Lipinski definition) is 6. The van der Waals surface area contributed by atoms with Crippen molar-refractivity contribution in [3.63, 3.8) is 0 Å². The average Bonchev–Trinajstić information content (AvgIpc) is 3.37. The first-order valence-corrected chi connectivity index (χ1v) is 9.87. The Labute approximate surface area is 178 Å². The van der Waals surface area contributed by atoms with Crippen LogP contribution in [-0.2, 0) is 13.2 Å². The van der Waals surface area contributed by atoms with Crippen LogP contribution in [0.25, 0.3) is 22.3 Å². The van der Waals surface area contributed by atoms with Gasteiger partial charge in [0.25, 0.3) is 0 Å². The molecule has 5 aromatic rings. The highest BCUT2D eigenvalue weighted by Gasteiger charge is 2.08. The molecule has 2 heterocycles. The van der Waals surface area contributed by atoms with Gasteiger partial charge in [0.1, 0.15) is 13.2 Å². The van der Waals surface area contributed by atoms with Gasteiger partial charge < -0.3 is 9.47 Å². The molecule has 31 heavy (non-hydrogen) atoms. The van der Waals surface area contributed by atoms with Crippen LogP contribution in [0.1, 0.15) is 11.3 Å². The van der Waals surface area contributed by atoms with E-state index >= 15 is 0 Å². The zero-order chi connectivity index (χ0) is 20.9. The number of pyridine rings is 1. The molecule has 0 fully saturated rings. The van der Waals surface area contributed by atoms with E-state index < -0.39 is 0 Å². The van der Waals surface area contributed by atoms with E-state index in [-0.39, 0.29) is 0 Å². The molecule has 0 atom stereocenters. The molecule has 1 N–H and O–H groups in total. The quantitative estimate of drug-likeness (QED) is 0.424. The second-order valence-corrected chi connectivity index (χ2v) is 6.97. The molecule has 5 rings (SSSR count). The van der Waals surface area contributed by atoms with Crippen LogP contribution in [0.15, 0.2) is 84.9 Å². The summed E-state index contributed by atoms with van der Waals surface area (Å²) in [6, 6.07) is 27.6. The fraction of sp³-hybridized carbons (Fsp3) is 0.0833. The van der Waals surface area contributed by atoms with Gasteiger partial charge in [-0.15, -0.1) is 5.10 Å². The number of para-hydroxylation sites is 3. The fourth-order valence-electron chi connectivity index (χ4n) is 3.28.